The van der Waals surface area contributed by atoms with Crippen LogP contribution in [0.3, 0.4) is 0 Å². The van der Waals surface area contributed by atoms with E-state index in [1.807, 2.05) is 42.2 Å². The number of nitrogens with zero attached hydrogens (tertiary/aromatic N) is 3. The second kappa shape index (κ2) is 6.16. The highest BCUT2D eigenvalue weighted by molar-refractivity contribution is 8.00. The number of H-pyrrole nitrogens is 1. The Bertz CT molecular complexity index is 859. The summed E-state index contributed by atoms with van der Waals surface area (Å²) in [4.78, 5) is 17.6. The van der Waals surface area contributed by atoms with Crippen LogP contribution in [0.2, 0.25) is 0 Å². The highest BCUT2D eigenvalue weighted by Gasteiger charge is 2.29. The number of rotatable bonds is 4. The molecule has 6 nitrogen and oxygen atoms in total. The zero-order chi connectivity index (χ0) is 16.5. The number of carbonyl (C=O) groups excluding carboxylic acids is 1. The first kappa shape index (κ1) is 15.0. The van der Waals surface area contributed by atoms with Gasteiger partial charge < -0.3 is 14.3 Å². The third-order valence-corrected chi connectivity index (χ3v) is 4.94. The Balaban J connectivity index is 1.47. The van der Waals surface area contributed by atoms with E-state index in [2.05, 4.69) is 21.2 Å². The van der Waals surface area contributed by atoms with Crippen molar-refractivity contribution < 1.29 is 9.21 Å². The lowest BCUT2D eigenvalue weighted by Crippen LogP contribution is -2.35. The van der Waals surface area contributed by atoms with Crippen LogP contribution in [0.1, 0.15) is 12.5 Å². The normalized spacial score (nSPS) is 14.6. The number of nitrogens with one attached hydrogen (secondary N) is 1. The van der Waals surface area contributed by atoms with Gasteiger partial charge in [-0.2, -0.15) is 0 Å². The van der Waals surface area contributed by atoms with Crippen molar-refractivity contribution in [1.82, 2.24) is 15.2 Å². The minimum absolute atomic E-state index is 0.0598. The summed E-state index contributed by atoms with van der Waals surface area (Å²) >= 11 is 1.29. The van der Waals surface area contributed by atoms with Crippen LogP contribution in [0.5, 0.6) is 0 Å². The molecule has 1 atom stereocenters. The van der Waals surface area contributed by atoms with Crippen LogP contribution in [0.4, 0.5) is 5.69 Å². The van der Waals surface area contributed by atoms with Crippen molar-refractivity contribution in [1.29, 1.82) is 0 Å². The Morgan fingerprint density at radius 2 is 2.17 bits per heavy atom. The quantitative estimate of drug-likeness (QED) is 0.739. The zero-order valence-electron chi connectivity index (χ0n) is 13.1. The molecule has 0 saturated heterocycles. The van der Waals surface area contributed by atoms with Crippen molar-refractivity contribution in [3.05, 3.63) is 48.2 Å². The lowest BCUT2D eigenvalue weighted by atomic mass is 10.2. The van der Waals surface area contributed by atoms with Crippen LogP contribution in [0, 0.1) is 0 Å². The molecular formula is C17H16N4O2S. The summed E-state index contributed by atoms with van der Waals surface area (Å²) in [5, 5.41) is 8.13. The molecule has 1 aromatic carbocycles. The van der Waals surface area contributed by atoms with Crippen molar-refractivity contribution in [2.75, 3.05) is 11.4 Å². The Kier molecular flexibility index (Phi) is 3.86. The van der Waals surface area contributed by atoms with Crippen molar-refractivity contribution in [2.45, 2.75) is 23.8 Å². The Morgan fingerprint density at radius 1 is 1.29 bits per heavy atom. The highest BCUT2D eigenvalue weighted by Crippen LogP contribution is 2.31. The summed E-state index contributed by atoms with van der Waals surface area (Å²) in [6.45, 7) is 2.59. The first-order chi connectivity index (χ1) is 11.7. The molecule has 0 saturated carbocycles. The van der Waals surface area contributed by atoms with E-state index in [9.17, 15) is 4.79 Å². The molecule has 1 amide bonds. The number of para-hydroxylation sites is 1. The summed E-state index contributed by atoms with van der Waals surface area (Å²) in [7, 11) is 0. The Labute approximate surface area is 143 Å². The summed E-state index contributed by atoms with van der Waals surface area (Å²) in [6, 6.07) is 11.8. The van der Waals surface area contributed by atoms with Gasteiger partial charge >= 0.3 is 0 Å². The van der Waals surface area contributed by atoms with Crippen molar-refractivity contribution in [2.24, 2.45) is 0 Å². The number of carbonyl (C=O) groups is 1. The van der Waals surface area contributed by atoms with Crippen LogP contribution < -0.4 is 4.90 Å². The Morgan fingerprint density at radius 3 is 3.00 bits per heavy atom. The summed E-state index contributed by atoms with van der Waals surface area (Å²) in [5.74, 6) is 0.484. The number of aromatic nitrogens is 3. The molecule has 4 rings (SSSR count). The van der Waals surface area contributed by atoms with Gasteiger partial charge in [0.2, 0.25) is 5.91 Å². The number of fused-ring (bicyclic) bond motifs is 1. The average Bonchev–Trinajstić information content (AvgIpc) is 3.33. The summed E-state index contributed by atoms with van der Waals surface area (Å²) in [5.41, 5.74) is 2.99. The monoisotopic (exact) mass is 340 g/mol. The van der Waals surface area contributed by atoms with Gasteiger partial charge in [0.25, 0.3) is 11.1 Å². The van der Waals surface area contributed by atoms with E-state index in [4.69, 9.17) is 4.42 Å². The molecule has 1 N–H and O–H groups in total. The standard InChI is InChI=1S/C17H16N4O2S/c1-11(16(22)21-10-8-12-5-2-3-7-14(12)21)24-17-20-19-15(23-17)13-6-4-9-18-13/h2-7,9,11,18H,8,10H2,1H3/t11-/m1/s1. The fourth-order valence-corrected chi connectivity index (χ4v) is 3.56. The molecule has 0 spiro atoms. The van der Waals surface area contributed by atoms with Gasteiger partial charge in [0.15, 0.2) is 0 Å². The molecule has 122 valence electrons. The maximum atomic E-state index is 12.8. The summed E-state index contributed by atoms with van der Waals surface area (Å²) < 4.78 is 5.62. The number of thioether (sulfide) groups is 1. The van der Waals surface area contributed by atoms with Crippen LogP contribution in [0.15, 0.2) is 52.2 Å². The number of benzene rings is 1. The molecule has 0 radical (unpaired) electrons. The number of amides is 1. The lowest BCUT2D eigenvalue weighted by Gasteiger charge is -2.20. The molecule has 7 heteroatoms. The molecule has 24 heavy (non-hydrogen) atoms. The van der Waals surface area contributed by atoms with E-state index in [0.717, 1.165) is 24.3 Å². The smallest absolute Gasteiger partial charge is 0.277 e. The fraction of sp³-hybridized carbons (Fsp3) is 0.235. The van der Waals surface area contributed by atoms with E-state index in [-0.39, 0.29) is 11.2 Å². The molecule has 3 heterocycles. The van der Waals surface area contributed by atoms with Gasteiger partial charge in [-0.1, -0.05) is 30.0 Å². The largest absolute Gasteiger partial charge is 0.410 e. The van der Waals surface area contributed by atoms with Crippen LogP contribution in [-0.4, -0.2) is 32.9 Å². The first-order valence-electron chi connectivity index (χ1n) is 7.75. The van der Waals surface area contributed by atoms with Crippen LogP contribution in [-0.2, 0) is 11.2 Å². The van der Waals surface area contributed by atoms with Crippen molar-refractivity contribution in [3.63, 3.8) is 0 Å². The molecule has 1 aliphatic rings. The molecule has 3 aromatic rings. The van der Waals surface area contributed by atoms with E-state index in [0.29, 0.717) is 11.1 Å². The van der Waals surface area contributed by atoms with Gasteiger partial charge in [0.1, 0.15) is 5.69 Å². The SMILES string of the molecule is C[C@@H](Sc1nnc(-c2ccc[nH]2)o1)C(=O)N1CCc2ccccc21. The van der Waals surface area contributed by atoms with Gasteiger partial charge in [-0.25, -0.2) is 0 Å². The first-order valence-corrected chi connectivity index (χ1v) is 8.63. The van der Waals surface area contributed by atoms with Gasteiger partial charge in [0.05, 0.1) is 5.25 Å². The molecule has 0 fully saturated rings. The van der Waals surface area contributed by atoms with E-state index in [1.54, 1.807) is 6.20 Å². The van der Waals surface area contributed by atoms with Crippen molar-refractivity contribution >= 4 is 23.4 Å². The van der Waals surface area contributed by atoms with E-state index in [1.165, 1.54) is 17.3 Å². The predicted octanol–water partition coefficient (Wildman–Crippen LogP) is 3.13. The number of aromatic amines is 1. The van der Waals surface area contributed by atoms with Gasteiger partial charge in [-0.15, -0.1) is 10.2 Å². The van der Waals surface area contributed by atoms with E-state index >= 15 is 0 Å². The van der Waals surface area contributed by atoms with Gasteiger partial charge in [-0.3, -0.25) is 4.79 Å². The molecule has 0 bridgehead atoms. The molecule has 1 aliphatic heterocycles. The minimum atomic E-state index is -0.298. The maximum Gasteiger partial charge on any atom is 0.277 e. The molecule has 2 aromatic heterocycles. The minimum Gasteiger partial charge on any atom is -0.410 e. The second-order valence-corrected chi connectivity index (χ2v) is 6.88. The van der Waals surface area contributed by atoms with Gasteiger partial charge in [0, 0.05) is 18.4 Å². The van der Waals surface area contributed by atoms with E-state index < -0.39 is 0 Å². The highest BCUT2D eigenvalue weighted by atomic mass is 32.2. The number of hydrogen-bond donors (Lipinski definition) is 1. The van der Waals surface area contributed by atoms with Gasteiger partial charge in [-0.05, 0) is 37.1 Å². The molecule has 0 aliphatic carbocycles. The number of anilines is 1. The van der Waals surface area contributed by atoms with Crippen molar-refractivity contribution in [3.8, 4) is 11.6 Å². The predicted molar refractivity (Wildman–Crippen MR) is 91.9 cm³/mol. The number of hydrogen-bond acceptors (Lipinski definition) is 5. The Hall–Kier alpha value is -2.54. The third kappa shape index (κ3) is 2.71. The fourth-order valence-electron chi connectivity index (χ4n) is 2.82. The molecular weight excluding hydrogens is 324 g/mol. The van der Waals surface area contributed by atoms with Crippen LogP contribution in [0.25, 0.3) is 11.6 Å². The lowest BCUT2D eigenvalue weighted by molar-refractivity contribution is -0.117. The summed E-state index contributed by atoms with van der Waals surface area (Å²) in [6.07, 6.45) is 2.69. The van der Waals surface area contributed by atoms with Crippen LogP contribution >= 0.6 is 11.8 Å². The second-order valence-electron chi connectivity index (χ2n) is 5.59. The zero-order valence-corrected chi connectivity index (χ0v) is 13.9. The topological polar surface area (TPSA) is 75.0 Å². The average molecular weight is 340 g/mol. The maximum absolute atomic E-state index is 12.8. The third-order valence-electron chi connectivity index (χ3n) is 4.01. The molecule has 0 unspecified atom stereocenters.